The molecule has 0 aliphatic heterocycles. The number of benzene rings is 1. The van der Waals surface area contributed by atoms with Crippen molar-refractivity contribution in [1.82, 2.24) is 4.98 Å². The van der Waals surface area contributed by atoms with Crippen LogP contribution in [0.1, 0.15) is 36.8 Å². The second-order valence-electron chi connectivity index (χ2n) is 4.73. The summed E-state index contributed by atoms with van der Waals surface area (Å²) in [7, 11) is 0. The van der Waals surface area contributed by atoms with Crippen LogP contribution in [0.15, 0.2) is 36.5 Å². The minimum atomic E-state index is -0.778. The highest BCUT2D eigenvalue weighted by Crippen LogP contribution is 2.32. The molecule has 0 saturated heterocycles. The van der Waals surface area contributed by atoms with Crippen LogP contribution in [0, 0.1) is 6.92 Å². The Morgan fingerprint density at radius 2 is 1.76 bits per heavy atom. The van der Waals surface area contributed by atoms with Crippen LogP contribution < -0.4 is 9.47 Å². The van der Waals surface area contributed by atoms with E-state index >= 15 is 0 Å². The molecule has 1 aromatic carbocycles. The third-order valence-corrected chi connectivity index (χ3v) is 3.10. The molecule has 0 aliphatic rings. The summed E-state index contributed by atoms with van der Waals surface area (Å²) in [5.74, 6) is 1.33. The zero-order valence-corrected chi connectivity index (χ0v) is 12.7. The van der Waals surface area contributed by atoms with Crippen molar-refractivity contribution in [3.63, 3.8) is 0 Å². The quantitative estimate of drug-likeness (QED) is 0.886. The Hall–Kier alpha value is -2.07. The monoisotopic (exact) mass is 287 g/mol. The van der Waals surface area contributed by atoms with Crippen LogP contribution in [0.25, 0.3) is 0 Å². The summed E-state index contributed by atoms with van der Waals surface area (Å²) >= 11 is 0. The summed E-state index contributed by atoms with van der Waals surface area (Å²) in [5, 5.41) is 10.5. The number of aliphatic hydroxyl groups excluding tert-OH is 1. The van der Waals surface area contributed by atoms with Crippen LogP contribution in [0.5, 0.6) is 11.5 Å². The Labute approximate surface area is 125 Å². The van der Waals surface area contributed by atoms with Gasteiger partial charge in [0.1, 0.15) is 6.10 Å². The first kappa shape index (κ1) is 15.3. The lowest BCUT2D eigenvalue weighted by Crippen LogP contribution is -2.04. The Morgan fingerprint density at radius 3 is 2.43 bits per heavy atom. The Bertz CT molecular complexity index is 598. The number of rotatable bonds is 6. The summed E-state index contributed by atoms with van der Waals surface area (Å²) in [5.41, 5.74) is 2.43. The van der Waals surface area contributed by atoms with Crippen molar-refractivity contribution < 1.29 is 14.6 Å². The first-order valence-corrected chi connectivity index (χ1v) is 7.15. The number of aryl methyl sites for hydroxylation is 1. The van der Waals surface area contributed by atoms with E-state index < -0.39 is 6.10 Å². The zero-order chi connectivity index (χ0) is 15.2. The van der Waals surface area contributed by atoms with Gasteiger partial charge in [0.15, 0.2) is 11.5 Å². The molecule has 2 aromatic rings. The summed E-state index contributed by atoms with van der Waals surface area (Å²) in [4.78, 5) is 4.23. The van der Waals surface area contributed by atoms with Crippen LogP contribution in [0.3, 0.4) is 0 Å². The Balaban J connectivity index is 2.32. The van der Waals surface area contributed by atoms with E-state index in [1.54, 1.807) is 6.20 Å². The van der Waals surface area contributed by atoms with Crippen molar-refractivity contribution in [1.29, 1.82) is 0 Å². The lowest BCUT2D eigenvalue weighted by Gasteiger charge is -2.15. The molecular formula is C17H21NO3. The highest BCUT2D eigenvalue weighted by atomic mass is 16.5. The van der Waals surface area contributed by atoms with Crippen molar-refractivity contribution in [3.05, 3.63) is 53.3 Å². The first-order valence-electron chi connectivity index (χ1n) is 7.15. The molecule has 1 heterocycles. The van der Waals surface area contributed by atoms with E-state index in [1.165, 1.54) is 0 Å². The van der Waals surface area contributed by atoms with Gasteiger partial charge in [-0.2, -0.15) is 0 Å². The fourth-order valence-corrected chi connectivity index (χ4v) is 2.12. The molecule has 21 heavy (non-hydrogen) atoms. The molecule has 1 unspecified atom stereocenters. The highest BCUT2D eigenvalue weighted by molar-refractivity contribution is 5.45. The molecule has 4 heteroatoms. The normalized spacial score (nSPS) is 12.0. The van der Waals surface area contributed by atoms with Gasteiger partial charge in [0.25, 0.3) is 0 Å². The van der Waals surface area contributed by atoms with Crippen LogP contribution in [0.2, 0.25) is 0 Å². The van der Waals surface area contributed by atoms with Crippen LogP contribution in [0.4, 0.5) is 0 Å². The topological polar surface area (TPSA) is 51.6 Å². The van der Waals surface area contributed by atoms with Gasteiger partial charge in [-0.1, -0.05) is 6.07 Å². The van der Waals surface area contributed by atoms with Gasteiger partial charge in [0.05, 0.1) is 18.9 Å². The maximum absolute atomic E-state index is 10.5. The van der Waals surface area contributed by atoms with Crippen molar-refractivity contribution in [2.45, 2.75) is 26.9 Å². The third-order valence-electron chi connectivity index (χ3n) is 3.10. The number of nitrogens with zero attached hydrogens (tertiary/aromatic N) is 1. The van der Waals surface area contributed by atoms with Crippen LogP contribution >= 0.6 is 0 Å². The summed E-state index contributed by atoms with van der Waals surface area (Å²) in [6, 6.07) is 9.25. The standard InChI is InChI=1S/C17H21NO3/c1-4-20-15-7-6-13(11-16(15)21-5-2)17(19)14-10-12(3)8-9-18-14/h6-11,17,19H,4-5H2,1-3H3. The summed E-state index contributed by atoms with van der Waals surface area (Å²) in [6.45, 7) is 6.93. The molecule has 0 radical (unpaired) electrons. The third kappa shape index (κ3) is 3.73. The average molecular weight is 287 g/mol. The van der Waals surface area contributed by atoms with Gasteiger partial charge in [-0.3, -0.25) is 4.98 Å². The van der Waals surface area contributed by atoms with E-state index in [0.29, 0.717) is 30.4 Å². The molecular weight excluding hydrogens is 266 g/mol. The largest absolute Gasteiger partial charge is 0.490 e. The minimum Gasteiger partial charge on any atom is -0.490 e. The number of pyridine rings is 1. The highest BCUT2D eigenvalue weighted by Gasteiger charge is 2.15. The maximum atomic E-state index is 10.5. The maximum Gasteiger partial charge on any atom is 0.161 e. The van der Waals surface area contributed by atoms with Gasteiger partial charge in [-0.15, -0.1) is 0 Å². The molecule has 0 fully saturated rings. The van der Waals surface area contributed by atoms with Crippen LogP contribution in [-0.4, -0.2) is 23.3 Å². The summed E-state index contributed by atoms with van der Waals surface area (Å²) < 4.78 is 11.1. The van der Waals surface area contributed by atoms with Gasteiger partial charge in [-0.25, -0.2) is 0 Å². The molecule has 1 N–H and O–H groups in total. The predicted molar refractivity (Wildman–Crippen MR) is 81.8 cm³/mol. The summed E-state index contributed by atoms with van der Waals surface area (Å²) in [6.07, 6.45) is 0.922. The molecule has 0 aliphatic carbocycles. The van der Waals surface area contributed by atoms with Gasteiger partial charge in [0.2, 0.25) is 0 Å². The van der Waals surface area contributed by atoms with Gasteiger partial charge in [0, 0.05) is 6.20 Å². The molecule has 0 spiro atoms. The second-order valence-corrected chi connectivity index (χ2v) is 4.73. The zero-order valence-electron chi connectivity index (χ0n) is 12.7. The minimum absolute atomic E-state index is 0.544. The molecule has 0 saturated carbocycles. The first-order chi connectivity index (χ1) is 10.2. The van der Waals surface area contributed by atoms with Crippen LogP contribution in [-0.2, 0) is 0 Å². The number of aliphatic hydroxyl groups is 1. The lowest BCUT2D eigenvalue weighted by atomic mass is 10.0. The van der Waals surface area contributed by atoms with Gasteiger partial charge in [-0.05, 0) is 56.2 Å². The fourth-order valence-electron chi connectivity index (χ4n) is 2.12. The second kappa shape index (κ2) is 7.09. The molecule has 0 bridgehead atoms. The fraction of sp³-hybridized carbons (Fsp3) is 0.353. The van der Waals surface area contributed by atoms with E-state index in [-0.39, 0.29) is 0 Å². The van der Waals surface area contributed by atoms with E-state index in [9.17, 15) is 5.11 Å². The predicted octanol–water partition coefficient (Wildman–Crippen LogP) is 3.27. The van der Waals surface area contributed by atoms with Gasteiger partial charge < -0.3 is 14.6 Å². The Kier molecular flexibility index (Phi) is 5.17. The SMILES string of the molecule is CCOc1ccc(C(O)c2cc(C)ccn2)cc1OCC. The molecule has 112 valence electrons. The molecule has 0 amide bonds. The number of hydrogen-bond donors (Lipinski definition) is 1. The van der Waals surface area contributed by atoms with Crippen molar-refractivity contribution in [2.75, 3.05) is 13.2 Å². The molecule has 4 nitrogen and oxygen atoms in total. The van der Waals surface area contributed by atoms with E-state index in [1.807, 2.05) is 51.1 Å². The van der Waals surface area contributed by atoms with Crippen molar-refractivity contribution >= 4 is 0 Å². The van der Waals surface area contributed by atoms with E-state index in [0.717, 1.165) is 11.1 Å². The number of hydrogen-bond acceptors (Lipinski definition) is 4. The molecule has 1 atom stereocenters. The number of ether oxygens (including phenoxy) is 2. The molecule has 2 rings (SSSR count). The molecule has 1 aromatic heterocycles. The van der Waals surface area contributed by atoms with Crippen molar-refractivity contribution in [2.24, 2.45) is 0 Å². The van der Waals surface area contributed by atoms with E-state index in [2.05, 4.69) is 4.98 Å². The number of aromatic nitrogens is 1. The Morgan fingerprint density at radius 1 is 1.05 bits per heavy atom. The van der Waals surface area contributed by atoms with Gasteiger partial charge >= 0.3 is 0 Å². The smallest absolute Gasteiger partial charge is 0.161 e. The lowest BCUT2D eigenvalue weighted by molar-refractivity contribution is 0.213. The van der Waals surface area contributed by atoms with E-state index in [4.69, 9.17) is 9.47 Å². The van der Waals surface area contributed by atoms with Crippen molar-refractivity contribution in [3.8, 4) is 11.5 Å². The average Bonchev–Trinajstić information content (AvgIpc) is 2.49.